The van der Waals surface area contributed by atoms with E-state index < -0.39 is 20.7 Å². The predicted octanol–water partition coefficient (Wildman–Crippen LogP) is 2.51. The van der Waals surface area contributed by atoms with Crippen molar-refractivity contribution in [1.29, 1.82) is 5.26 Å². The van der Waals surface area contributed by atoms with E-state index in [-0.39, 0.29) is 17.0 Å². The molecule has 0 spiro atoms. The molecule has 0 bridgehead atoms. The Kier molecular flexibility index (Phi) is 4.10. The van der Waals surface area contributed by atoms with Crippen LogP contribution in [0, 0.1) is 17.1 Å². The lowest BCUT2D eigenvalue weighted by Crippen LogP contribution is -2.16. The number of hydrogen-bond donors (Lipinski definition) is 1. The summed E-state index contributed by atoms with van der Waals surface area (Å²) in [5, 5.41) is 9.05. The van der Waals surface area contributed by atoms with Gasteiger partial charge in [0.2, 0.25) is 0 Å². The third-order valence-electron chi connectivity index (χ3n) is 2.73. The van der Waals surface area contributed by atoms with Crippen molar-refractivity contribution < 1.29 is 17.5 Å². The van der Waals surface area contributed by atoms with E-state index in [4.69, 9.17) is 10.00 Å². The van der Waals surface area contributed by atoms with E-state index in [1.165, 1.54) is 31.4 Å². The molecule has 0 saturated heterocycles. The third kappa shape index (κ3) is 2.95. The normalized spacial score (nSPS) is 10.7. The van der Waals surface area contributed by atoms with E-state index in [1.807, 2.05) is 6.07 Å². The number of anilines is 1. The molecule has 5 nitrogen and oxygen atoms in total. The minimum atomic E-state index is -4.17. The highest BCUT2D eigenvalue weighted by molar-refractivity contribution is 7.92. The van der Waals surface area contributed by atoms with Gasteiger partial charge in [-0.2, -0.15) is 5.26 Å². The molecule has 7 heteroatoms. The molecule has 21 heavy (non-hydrogen) atoms. The summed E-state index contributed by atoms with van der Waals surface area (Å²) in [5.41, 5.74) is 0.0556. The van der Waals surface area contributed by atoms with Crippen LogP contribution >= 0.6 is 0 Å². The second-order valence-corrected chi connectivity index (χ2v) is 5.68. The average Bonchev–Trinajstić information content (AvgIpc) is 2.47. The summed E-state index contributed by atoms with van der Waals surface area (Å²) in [6.45, 7) is 0. The van der Waals surface area contributed by atoms with E-state index in [2.05, 4.69) is 4.72 Å². The molecule has 0 aliphatic rings. The summed E-state index contributed by atoms with van der Waals surface area (Å²) < 4.78 is 45.3. The zero-order valence-electron chi connectivity index (χ0n) is 11.0. The van der Waals surface area contributed by atoms with Crippen molar-refractivity contribution in [2.75, 3.05) is 11.8 Å². The molecule has 0 amide bonds. The quantitative estimate of drug-likeness (QED) is 0.941. The lowest BCUT2D eigenvalue weighted by atomic mass is 10.2. The molecular formula is C14H11FN2O3S. The van der Waals surface area contributed by atoms with Gasteiger partial charge in [-0.25, -0.2) is 12.8 Å². The SMILES string of the molecule is COc1cccc(C#N)c1NS(=O)(=O)c1ccccc1F. The smallest absolute Gasteiger partial charge is 0.264 e. The first-order valence-electron chi connectivity index (χ1n) is 5.84. The number of methoxy groups -OCH3 is 1. The van der Waals surface area contributed by atoms with Gasteiger partial charge in [-0.3, -0.25) is 4.72 Å². The fourth-order valence-electron chi connectivity index (χ4n) is 1.75. The van der Waals surface area contributed by atoms with E-state index in [9.17, 15) is 12.8 Å². The van der Waals surface area contributed by atoms with Crippen LogP contribution in [0.3, 0.4) is 0 Å². The number of nitriles is 1. The van der Waals surface area contributed by atoms with Crippen molar-refractivity contribution in [1.82, 2.24) is 0 Å². The Labute approximate surface area is 121 Å². The Morgan fingerprint density at radius 1 is 1.19 bits per heavy atom. The first-order chi connectivity index (χ1) is 9.99. The van der Waals surface area contributed by atoms with Gasteiger partial charge >= 0.3 is 0 Å². The lowest BCUT2D eigenvalue weighted by molar-refractivity contribution is 0.416. The number of halogens is 1. The molecule has 0 aromatic heterocycles. The van der Waals surface area contributed by atoms with Gasteiger partial charge in [0, 0.05) is 0 Å². The van der Waals surface area contributed by atoms with Crippen LogP contribution in [0.5, 0.6) is 5.75 Å². The fourth-order valence-corrected chi connectivity index (χ4v) is 2.92. The Morgan fingerprint density at radius 2 is 1.90 bits per heavy atom. The van der Waals surface area contributed by atoms with E-state index in [0.717, 1.165) is 12.1 Å². The Morgan fingerprint density at radius 3 is 2.52 bits per heavy atom. The van der Waals surface area contributed by atoms with Gasteiger partial charge in [0.05, 0.1) is 12.7 Å². The summed E-state index contributed by atoms with van der Waals surface area (Å²) in [7, 11) is -2.82. The van der Waals surface area contributed by atoms with E-state index in [1.54, 1.807) is 6.07 Å². The van der Waals surface area contributed by atoms with Crippen LogP contribution in [0.1, 0.15) is 5.56 Å². The van der Waals surface area contributed by atoms with Crippen LogP contribution in [-0.4, -0.2) is 15.5 Å². The highest BCUT2D eigenvalue weighted by atomic mass is 32.2. The topological polar surface area (TPSA) is 79.2 Å². The van der Waals surface area contributed by atoms with Gasteiger partial charge in [-0.1, -0.05) is 18.2 Å². The van der Waals surface area contributed by atoms with Crippen molar-refractivity contribution in [3.63, 3.8) is 0 Å². The van der Waals surface area contributed by atoms with E-state index >= 15 is 0 Å². The van der Waals surface area contributed by atoms with Gasteiger partial charge in [0.15, 0.2) is 0 Å². The van der Waals surface area contributed by atoms with Gasteiger partial charge in [0.25, 0.3) is 10.0 Å². The minimum Gasteiger partial charge on any atom is -0.495 e. The molecule has 0 radical (unpaired) electrons. The van der Waals surface area contributed by atoms with Crippen LogP contribution in [0.4, 0.5) is 10.1 Å². The van der Waals surface area contributed by atoms with Crippen molar-refractivity contribution in [2.45, 2.75) is 4.90 Å². The molecular weight excluding hydrogens is 295 g/mol. The molecule has 0 saturated carbocycles. The zero-order valence-corrected chi connectivity index (χ0v) is 11.8. The fraction of sp³-hybridized carbons (Fsp3) is 0.0714. The van der Waals surface area contributed by atoms with Crippen LogP contribution in [0.2, 0.25) is 0 Å². The highest BCUT2D eigenvalue weighted by Crippen LogP contribution is 2.30. The maximum atomic E-state index is 13.6. The number of rotatable bonds is 4. The van der Waals surface area contributed by atoms with Gasteiger partial charge in [-0.05, 0) is 24.3 Å². The Balaban J connectivity index is 2.52. The standard InChI is InChI=1S/C14H11FN2O3S/c1-20-12-7-4-5-10(9-16)14(12)17-21(18,19)13-8-3-2-6-11(13)15/h2-8,17H,1H3. The van der Waals surface area contributed by atoms with Crippen molar-refractivity contribution in [3.05, 3.63) is 53.8 Å². The van der Waals surface area contributed by atoms with Crippen LogP contribution in [0.25, 0.3) is 0 Å². The number of ether oxygens (including phenoxy) is 1. The van der Waals surface area contributed by atoms with Crippen molar-refractivity contribution >= 4 is 15.7 Å². The summed E-state index contributed by atoms with van der Waals surface area (Å²) in [5.74, 6) is -0.702. The summed E-state index contributed by atoms with van der Waals surface area (Å²) in [4.78, 5) is -0.500. The Bertz CT molecular complexity index is 813. The summed E-state index contributed by atoms with van der Waals surface area (Å²) >= 11 is 0. The first-order valence-corrected chi connectivity index (χ1v) is 7.32. The maximum Gasteiger partial charge on any atom is 0.264 e. The molecule has 0 heterocycles. The molecule has 2 aromatic rings. The zero-order chi connectivity index (χ0) is 15.5. The molecule has 0 unspecified atom stereocenters. The molecule has 0 aliphatic carbocycles. The highest BCUT2D eigenvalue weighted by Gasteiger charge is 2.22. The lowest BCUT2D eigenvalue weighted by Gasteiger charge is -2.13. The molecule has 0 fully saturated rings. The van der Waals surface area contributed by atoms with Gasteiger partial charge in [-0.15, -0.1) is 0 Å². The van der Waals surface area contributed by atoms with Crippen LogP contribution < -0.4 is 9.46 Å². The molecule has 0 aliphatic heterocycles. The first kappa shape index (κ1) is 14.8. The number of nitrogens with one attached hydrogen (secondary N) is 1. The van der Waals surface area contributed by atoms with Crippen molar-refractivity contribution in [3.8, 4) is 11.8 Å². The van der Waals surface area contributed by atoms with E-state index in [0.29, 0.717) is 0 Å². The molecule has 0 atom stereocenters. The van der Waals surface area contributed by atoms with Gasteiger partial charge < -0.3 is 4.74 Å². The number of para-hydroxylation sites is 1. The average molecular weight is 306 g/mol. The van der Waals surface area contributed by atoms with Gasteiger partial charge in [0.1, 0.15) is 28.2 Å². The second kappa shape index (κ2) is 5.81. The number of sulfonamides is 1. The predicted molar refractivity (Wildman–Crippen MR) is 74.9 cm³/mol. The summed E-state index contributed by atoms with van der Waals surface area (Å²) in [6, 6.07) is 11.3. The monoisotopic (exact) mass is 306 g/mol. The second-order valence-electron chi connectivity index (χ2n) is 4.03. The maximum absolute atomic E-state index is 13.6. The molecule has 2 aromatic carbocycles. The largest absolute Gasteiger partial charge is 0.495 e. The number of hydrogen-bond acceptors (Lipinski definition) is 4. The third-order valence-corrected chi connectivity index (χ3v) is 4.11. The van der Waals surface area contributed by atoms with Crippen molar-refractivity contribution in [2.24, 2.45) is 0 Å². The van der Waals surface area contributed by atoms with Crippen LogP contribution in [-0.2, 0) is 10.0 Å². The molecule has 2 rings (SSSR count). The number of benzene rings is 2. The van der Waals surface area contributed by atoms with Crippen LogP contribution in [0.15, 0.2) is 47.4 Å². The Hall–Kier alpha value is -2.59. The summed E-state index contributed by atoms with van der Waals surface area (Å²) in [6.07, 6.45) is 0. The minimum absolute atomic E-state index is 0.0225. The number of nitrogens with zero attached hydrogens (tertiary/aromatic N) is 1. The molecule has 108 valence electrons. The molecule has 1 N–H and O–H groups in total.